The van der Waals surface area contributed by atoms with Gasteiger partial charge in [-0.05, 0) is 31.0 Å². The van der Waals surface area contributed by atoms with E-state index in [1.165, 1.54) is 7.11 Å². The minimum absolute atomic E-state index is 0.138. The molecule has 0 aliphatic carbocycles. The van der Waals surface area contributed by atoms with Crippen molar-refractivity contribution in [2.45, 2.75) is 31.6 Å². The zero-order chi connectivity index (χ0) is 21.3. The zero-order valence-electron chi connectivity index (χ0n) is 16.0. The number of hydrogen-bond donors (Lipinski definition) is 1. The van der Waals surface area contributed by atoms with E-state index in [-0.39, 0.29) is 11.6 Å². The number of hydrogen-bond acceptors (Lipinski definition) is 5. The molecule has 1 unspecified atom stereocenters. The highest BCUT2D eigenvalue weighted by molar-refractivity contribution is 5.94. The van der Waals surface area contributed by atoms with E-state index in [2.05, 4.69) is 20.4 Å². The molecule has 0 bridgehead atoms. The van der Waals surface area contributed by atoms with Crippen LogP contribution >= 0.6 is 0 Å². The Labute approximate surface area is 169 Å². The molecule has 10 heteroatoms. The van der Waals surface area contributed by atoms with Gasteiger partial charge in [-0.1, -0.05) is 0 Å². The number of amides is 1. The fraction of sp³-hybridized carbons (Fsp3) is 0.300. The maximum Gasteiger partial charge on any atom is 0.417 e. The number of aryl methyl sites for hydroxylation is 1. The van der Waals surface area contributed by atoms with Crippen LogP contribution < -0.4 is 10.1 Å². The summed E-state index contributed by atoms with van der Waals surface area (Å²) in [5, 5.41) is 7.41. The quantitative estimate of drug-likeness (QED) is 0.701. The zero-order valence-corrected chi connectivity index (χ0v) is 16.0. The van der Waals surface area contributed by atoms with Crippen LogP contribution in [-0.2, 0) is 12.7 Å². The van der Waals surface area contributed by atoms with Gasteiger partial charge in [0.2, 0.25) is 5.88 Å². The Hall–Kier alpha value is -3.43. The van der Waals surface area contributed by atoms with Crippen molar-refractivity contribution in [3.05, 3.63) is 59.7 Å². The lowest BCUT2D eigenvalue weighted by molar-refractivity contribution is -0.137. The average Bonchev–Trinajstić information content (AvgIpc) is 3.19. The van der Waals surface area contributed by atoms with E-state index in [0.717, 1.165) is 29.9 Å². The van der Waals surface area contributed by atoms with Crippen molar-refractivity contribution < 1.29 is 22.7 Å². The van der Waals surface area contributed by atoms with Gasteiger partial charge >= 0.3 is 6.18 Å². The molecule has 3 aromatic heterocycles. The summed E-state index contributed by atoms with van der Waals surface area (Å²) in [6.45, 7) is 0.690. The summed E-state index contributed by atoms with van der Waals surface area (Å²) in [4.78, 5) is 20.2. The number of ether oxygens (including phenoxy) is 1. The maximum atomic E-state index is 12.9. The fourth-order valence-corrected chi connectivity index (χ4v) is 3.41. The Morgan fingerprint density at radius 1 is 1.27 bits per heavy atom. The molecule has 1 aliphatic heterocycles. The van der Waals surface area contributed by atoms with Crippen molar-refractivity contribution in [1.82, 2.24) is 25.1 Å². The number of aromatic nitrogens is 4. The number of halogens is 3. The van der Waals surface area contributed by atoms with E-state index in [1.54, 1.807) is 23.0 Å². The van der Waals surface area contributed by atoms with E-state index in [4.69, 9.17) is 4.74 Å². The van der Waals surface area contributed by atoms with Crippen molar-refractivity contribution in [2.24, 2.45) is 0 Å². The molecule has 156 valence electrons. The highest BCUT2D eigenvalue weighted by Crippen LogP contribution is 2.31. The number of rotatable bonds is 4. The van der Waals surface area contributed by atoms with Crippen LogP contribution in [0.25, 0.3) is 11.3 Å². The third-order valence-electron chi connectivity index (χ3n) is 4.90. The lowest BCUT2D eigenvalue weighted by Crippen LogP contribution is -2.33. The van der Waals surface area contributed by atoms with Gasteiger partial charge in [0, 0.05) is 36.8 Å². The van der Waals surface area contributed by atoms with Crippen LogP contribution in [0.4, 0.5) is 13.2 Å². The van der Waals surface area contributed by atoms with E-state index in [9.17, 15) is 18.0 Å². The van der Waals surface area contributed by atoms with Gasteiger partial charge in [-0.15, -0.1) is 0 Å². The normalized spacial score (nSPS) is 16.1. The minimum Gasteiger partial charge on any atom is -0.481 e. The minimum atomic E-state index is -4.56. The first kappa shape index (κ1) is 19.9. The number of alkyl halides is 3. The van der Waals surface area contributed by atoms with Gasteiger partial charge < -0.3 is 10.1 Å². The first-order chi connectivity index (χ1) is 14.3. The molecular formula is C20H18F3N5O2. The average molecular weight is 417 g/mol. The first-order valence-electron chi connectivity index (χ1n) is 9.26. The standard InChI is InChI=1S/C20H18F3N5O2/c1-30-18-8-12(4-5-25-18)16-9-17-15(3-2-6-28(17)27-16)26-19(29)13-7-14(11-24-10-13)20(21,22)23/h4-5,7-11,15H,2-3,6H2,1H3,(H,26,29). The van der Waals surface area contributed by atoms with Crippen LogP contribution in [0.5, 0.6) is 5.88 Å². The lowest BCUT2D eigenvalue weighted by Gasteiger charge is -2.24. The predicted molar refractivity (Wildman–Crippen MR) is 101 cm³/mol. The molecule has 1 atom stereocenters. The van der Waals surface area contributed by atoms with Crippen molar-refractivity contribution in [3.8, 4) is 17.1 Å². The molecule has 1 N–H and O–H groups in total. The second-order valence-electron chi connectivity index (χ2n) is 6.89. The summed E-state index contributed by atoms with van der Waals surface area (Å²) in [6, 6.07) is 5.86. The number of methoxy groups -OCH3 is 1. The summed E-state index contributed by atoms with van der Waals surface area (Å²) in [6.07, 6.45) is 0.309. The fourth-order valence-electron chi connectivity index (χ4n) is 3.41. The van der Waals surface area contributed by atoms with E-state index in [0.29, 0.717) is 30.7 Å². The maximum absolute atomic E-state index is 12.9. The van der Waals surface area contributed by atoms with Crippen molar-refractivity contribution in [3.63, 3.8) is 0 Å². The van der Waals surface area contributed by atoms with Gasteiger partial charge in [-0.2, -0.15) is 18.3 Å². The van der Waals surface area contributed by atoms with Crippen molar-refractivity contribution >= 4 is 5.91 Å². The smallest absolute Gasteiger partial charge is 0.417 e. The summed E-state index contributed by atoms with van der Waals surface area (Å²) >= 11 is 0. The van der Waals surface area contributed by atoms with Crippen molar-refractivity contribution in [2.75, 3.05) is 7.11 Å². The molecule has 0 fully saturated rings. The Morgan fingerprint density at radius 3 is 2.87 bits per heavy atom. The Kier molecular flexibility index (Phi) is 5.15. The van der Waals surface area contributed by atoms with Gasteiger partial charge in [0.05, 0.1) is 35.7 Å². The summed E-state index contributed by atoms with van der Waals surface area (Å²) in [5.74, 6) is -0.152. The van der Waals surface area contributed by atoms with Gasteiger partial charge in [0.15, 0.2) is 0 Å². The van der Waals surface area contributed by atoms with Gasteiger partial charge in [-0.25, -0.2) is 4.98 Å². The van der Waals surface area contributed by atoms with E-state index in [1.807, 2.05) is 6.07 Å². The Bertz CT molecular complexity index is 1080. The second kappa shape index (κ2) is 7.77. The molecule has 1 aliphatic rings. The molecule has 30 heavy (non-hydrogen) atoms. The largest absolute Gasteiger partial charge is 0.481 e. The molecule has 4 rings (SSSR count). The van der Waals surface area contributed by atoms with Crippen LogP contribution in [0.2, 0.25) is 0 Å². The van der Waals surface area contributed by atoms with Gasteiger partial charge in [-0.3, -0.25) is 14.5 Å². The molecular weight excluding hydrogens is 399 g/mol. The molecule has 7 nitrogen and oxygen atoms in total. The molecule has 3 aromatic rings. The SMILES string of the molecule is COc1cc(-c2cc3n(n2)CCCC3NC(=O)c2cncc(C(F)(F)F)c2)ccn1. The second-order valence-corrected chi connectivity index (χ2v) is 6.89. The van der Waals surface area contributed by atoms with Crippen LogP contribution in [0.1, 0.15) is 40.5 Å². The summed E-state index contributed by atoms with van der Waals surface area (Å²) in [7, 11) is 1.53. The number of pyridine rings is 2. The number of fused-ring (bicyclic) bond motifs is 1. The third-order valence-corrected chi connectivity index (χ3v) is 4.90. The first-order valence-corrected chi connectivity index (χ1v) is 9.26. The number of carbonyl (C=O) groups excluding carboxylic acids is 1. The molecule has 0 radical (unpaired) electrons. The molecule has 0 aromatic carbocycles. The Balaban J connectivity index is 1.58. The van der Waals surface area contributed by atoms with Gasteiger partial charge in [0.25, 0.3) is 5.91 Å². The summed E-state index contributed by atoms with van der Waals surface area (Å²) < 4.78 is 45.7. The van der Waals surface area contributed by atoms with Crippen LogP contribution in [0, 0.1) is 0 Å². The van der Waals surface area contributed by atoms with Crippen LogP contribution in [0.3, 0.4) is 0 Å². The third kappa shape index (κ3) is 3.98. The highest BCUT2D eigenvalue weighted by atomic mass is 19.4. The molecule has 1 amide bonds. The number of nitrogens with one attached hydrogen (secondary N) is 1. The predicted octanol–water partition coefficient (Wildman–Crippen LogP) is 3.63. The molecule has 0 spiro atoms. The molecule has 0 saturated heterocycles. The Morgan fingerprint density at radius 2 is 2.10 bits per heavy atom. The molecule has 0 saturated carbocycles. The monoisotopic (exact) mass is 417 g/mol. The topological polar surface area (TPSA) is 81.9 Å². The van der Waals surface area contributed by atoms with Crippen molar-refractivity contribution in [1.29, 1.82) is 0 Å². The number of carbonyl (C=O) groups is 1. The molecule has 4 heterocycles. The van der Waals surface area contributed by atoms with E-state index >= 15 is 0 Å². The van der Waals surface area contributed by atoms with Crippen LogP contribution in [-0.4, -0.2) is 32.8 Å². The van der Waals surface area contributed by atoms with E-state index < -0.39 is 17.6 Å². The van der Waals surface area contributed by atoms with Gasteiger partial charge in [0.1, 0.15) is 0 Å². The summed E-state index contributed by atoms with van der Waals surface area (Å²) in [5.41, 5.74) is 1.21. The highest BCUT2D eigenvalue weighted by Gasteiger charge is 2.32. The number of nitrogens with zero attached hydrogens (tertiary/aromatic N) is 4. The van der Waals surface area contributed by atoms with Crippen LogP contribution in [0.15, 0.2) is 42.9 Å². The lowest BCUT2D eigenvalue weighted by atomic mass is 10.0.